The highest BCUT2D eigenvalue weighted by molar-refractivity contribution is 7.80. The fraction of sp³-hybridized carbons (Fsp3) is 0.920. The Kier molecular flexibility index (Phi) is 15.1. The zero-order valence-corrected chi connectivity index (χ0v) is 25.8. The van der Waals surface area contributed by atoms with Crippen LogP contribution in [0.4, 0.5) is 0 Å². The molecule has 0 aromatic carbocycles. The van der Waals surface area contributed by atoms with E-state index in [0.717, 1.165) is 0 Å². The Labute approximate surface area is 269 Å². The molecule has 268 valence electrons. The number of carbonyl (C=O) groups excluding carboxylic acids is 1. The maximum absolute atomic E-state index is 12.8. The molecule has 21 heteroatoms. The SMILES string of the molecule is CO[C@H]1O[C@H](CNC(=O)CCN(C[C@H]2O[C@H](OCCN)[C@@H](O)[C@@H](O)[C@@H]2O)C(=S)N[C@H]2O[C@H](CO)[C@@H](O)[C@H](O)[C@@H]2O)[C@@H](O)[C@H](O)[C@@H]1O. The summed E-state index contributed by atoms with van der Waals surface area (Å²) in [5.41, 5.74) is 5.44. The van der Waals surface area contributed by atoms with Crippen molar-refractivity contribution in [1.82, 2.24) is 15.5 Å². The van der Waals surface area contributed by atoms with E-state index in [0.29, 0.717) is 0 Å². The van der Waals surface area contributed by atoms with Crippen molar-refractivity contribution in [3.8, 4) is 0 Å². The van der Waals surface area contributed by atoms with E-state index in [1.807, 2.05) is 0 Å². The molecule has 0 aromatic rings. The van der Waals surface area contributed by atoms with Crippen molar-refractivity contribution < 1.29 is 79.5 Å². The highest BCUT2D eigenvalue weighted by Crippen LogP contribution is 2.25. The molecule has 3 heterocycles. The largest absolute Gasteiger partial charge is 0.394 e. The monoisotopic (exact) mass is 690 g/mol. The Balaban J connectivity index is 1.71. The van der Waals surface area contributed by atoms with Gasteiger partial charge < -0.3 is 96.0 Å². The zero-order chi connectivity index (χ0) is 34.3. The normalized spacial score (nSPS) is 41.5. The van der Waals surface area contributed by atoms with Crippen LogP contribution in [0, 0.1) is 0 Å². The van der Waals surface area contributed by atoms with Gasteiger partial charge in [-0.3, -0.25) is 4.79 Å². The molecule has 3 aliphatic rings. The number of hydrogen-bond acceptors (Lipinski definition) is 18. The number of nitrogens with two attached hydrogens (primary N) is 1. The average Bonchev–Trinajstić information content (AvgIpc) is 3.04. The summed E-state index contributed by atoms with van der Waals surface area (Å²) in [6.45, 7) is -1.49. The summed E-state index contributed by atoms with van der Waals surface area (Å²) in [5.74, 6) is -0.601. The van der Waals surface area contributed by atoms with E-state index in [1.165, 1.54) is 12.0 Å². The number of nitrogens with one attached hydrogen (secondary N) is 2. The minimum Gasteiger partial charge on any atom is -0.394 e. The molecule has 0 bridgehead atoms. The van der Waals surface area contributed by atoms with E-state index in [9.17, 15) is 55.9 Å². The van der Waals surface area contributed by atoms with Crippen LogP contribution in [-0.2, 0) is 28.5 Å². The second-order valence-electron chi connectivity index (χ2n) is 11.1. The first-order chi connectivity index (χ1) is 21.7. The zero-order valence-electron chi connectivity index (χ0n) is 25.0. The molecular formula is C25H46N4O16S. The number of amides is 1. The Bertz CT molecular complexity index is 973. The highest BCUT2D eigenvalue weighted by Gasteiger charge is 2.47. The van der Waals surface area contributed by atoms with Gasteiger partial charge in [-0.25, -0.2) is 0 Å². The van der Waals surface area contributed by atoms with Gasteiger partial charge in [0.15, 0.2) is 23.9 Å². The number of ether oxygens (including phenoxy) is 5. The number of hydrogen-bond donors (Lipinski definition) is 13. The maximum Gasteiger partial charge on any atom is 0.221 e. The summed E-state index contributed by atoms with van der Waals surface area (Å²) in [6.07, 6.45) is -22.7. The predicted molar refractivity (Wildman–Crippen MR) is 154 cm³/mol. The van der Waals surface area contributed by atoms with Gasteiger partial charge in [0.25, 0.3) is 0 Å². The summed E-state index contributed by atoms with van der Waals surface area (Å²) < 4.78 is 26.8. The van der Waals surface area contributed by atoms with Crippen molar-refractivity contribution in [2.45, 2.75) is 98.5 Å². The van der Waals surface area contributed by atoms with E-state index in [-0.39, 0.29) is 44.3 Å². The molecule has 15 atom stereocenters. The van der Waals surface area contributed by atoms with Crippen LogP contribution in [0.3, 0.4) is 0 Å². The molecule has 0 unspecified atom stereocenters. The molecule has 3 saturated heterocycles. The van der Waals surface area contributed by atoms with Gasteiger partial charge >= 0.3 is 0 Å². The smallest absolute Gasteiger partial charge is 0.221 e. The van der Waals surface area contributed by atoms with Crippen molar-refractivity contribution >= 4 is 23.2 Å². The number of nitrogens with zero attached hydrogens (tertiary/aromatic N) is 1. The van der Waals surface area contributed by atoms with Gasteiger partial charge in [0.05, 0.1) is 13.2 Å². The summed E-state index contributed by atoms with van der Waals surface area (Å²) >= 11 is 5.47. The Morgan fingerprint density at radius 2 is 1.37 bits per heavy atom. The third-order valence-electron chi connectivity index (χ3n) is 7.92. The molecule has 3 fully saturated rings. The number of methoxy groups -OCH3 is 1. The lowest BCUT2D eigenvalue weighted by Gasteiger charge is -2.43. The molecule has 0 aromatic heterocycles. The molecule has 0 aliphatic carbocycles. The fourth-order valence-corrected chi connectivity index (χ4v) is 5.42. The van der Waals surface area contributed by atoms with Crippen molar-refractivity contribution in [2.75, 3.05) is 46.5 Å². The van der Waals surface area contributed by atoms with Crippen LogP contribution in [0.15, 0.2) is 0 Å². The number of aliphatic hydroxyl groups is 10. The number of carbonyl (C=O) groups is 1. The summed E-state index contributed by atoms with van der Waals surface area (Å²) in [7, 11) is 1.23. The third-order valence-corrected chi connectivity index (χ3v) is 8.30. The minimum absolute atomic E-state index is 0.0429. The van der Waals surface area contributed by atoms with Crippen LogP contribution in [0.25, 0.3) is 0 Å². The Morgan fingerprint density at radius 3 is 1.98 bits per heavy atom. The molecule has 0 spiro atoms. The molecule has 3 aliphatic heterocycles. The second kappa shape index (κ2) is 17.8. The maximum atomic E-state index is 12.8. The van der Waals surface area contributed by atoms with Gasteiger partial charge in [-0.15, -0.1) is 0 Å². The lowest BCUT2D eigenvalue weighted by Crippen LogP contribution is -2.65. The van der Waals surface area contributed by atoms with Crippen molar-refractivity contribution in [1.29, 1.82) is 0 Å². The molecule has 0 radical (unpaired) electrons. The first kappa shape index (κ1) is 39.0. The summed E-state index contributed by atoms with van der Waals surface area (Å²) in [5, 5.41) is 107. The predicted octanol–water partition coefficient (Wildman–Crippen LogP) is -8.29. The van der Waals surface area contributed by atoms with E-state index in [2.05, 4.69) is 10.6 Å². The second-order valence-corrected chi connectivity index (χ2v) is 11.5. The van der Waals surface area contributed by atoms with Gasteiger partial charge in [0, 0.05) is 39.7 Å². The van der Waals surface area contributed by atoms with Gasteiger partial charge in [-0.2, -0.15) is 0 Å². The van der Waals surface area contributed by atoms with Crippen LogP contribution in [0.5, 0.6) is 0 Å². The molecule has 46 heavy (non-hydrogen) atoms. The Hall–Kier alpha value is -1.48. The summed E-state index contributed by atoms with van der Waals surface area (Å²) in [4.78, 5) is 14.1. The standard InChI is InChI=1S/C25H46N4O16S/c1-41-23-20(39)17(36)13(32)9(44-23)6-27-12(31)2-4-29(7-10-14(33)18(37)21(40)24(45-10)42-5-3-26)25(46)28-22-19(38)16(35)15(34)11(8-30)43-22/h9-11,13-24,30,32-40H,2-8,26H2,1H3,(H,27,31)(H,28,46)/t9-,10-,11-,13-,14-,15-,16+,17+,18+,19+,20+,21+,22+,23+,24+/m1/s1. The fourth-order valence-electron chi connectivity index (χ4n) is 5.14. The molecule has 0 saturated carbocycles. The molecule has 3 rings (SSSR count). The molecular weight excluding hydrogens is 644 g/mol. The molecule has 14 N–H and O–H groups in total. The first-order valence-electron chi connectivity index (χ1n) is 14.6. The highest BCUT2D eigenvalue weighted by atomic mass is 32.1. The number of rotatable bonds is 13. The average molecular weight is 691 g/mol. The van der Waals surface area contributed by atoms with Crippen LogP contribution in [0.2, 0.25) is 0 Å². The lowest BCUT2D eigenvalue weighted by atomic mass is 9.98. The van der Waals surface area contributed by atoms with E-state index < -0.39 is 105 Å². The number of aliphatic hydroxyl groups excluding tert-OH is 10. The van der Waals surface area contributed by atoms with Crippen LogP contribution in [0.1, 0.15) is 6.42 Å². The van der Waals surface area contributed by atoms with E-state index >= 15 is 0 Å². The Morgan fingerprint density at radius 1 is 0.804 bits per heavy atom. The van der Waals surface area contributed by atoms with Crippen LogP contribution in [-0.4, -0.2) is 206 Å². The quantitative estimate of drug-likeness (QED) is 0.0798. The van der Waals surface area contributed by atoms with Gasteiger partial charge in [-0.1, -0.05) is 0 Å². The van der Waals surface area contributed by atoms with Crippen LogP contribution >= 0.6 is 12.2 Å². The minimum atomic E-state index is -1.72. The van der Waals surface area contributed by atoms with Gasteiger partial charge in [0.2, 0.25) is 5.91 Å². The van der Waals surface area contributed by atoms with E-state index in [4.69, 9.17) is 41.6 Å². The van der Waals surface area contributed by atoms with E-state index in [1.54, 1.807) is 0 Å². The van der Waals surface area contributed by atoms with Crippen molar-refractivity contribution in [3.05, 3.63) is 0 Å². The summed E-state index contributed by atoms with van der Waals surface area (Å²) in [6, 6.07) is 0. The van der Waals surface area contributed by atoms with Gasteiger partial charge in [-0.05, 0) is 12.2 Å². The lowest BCUT2D eigenvalue weighted by molar-refractivity contribution is -0.296. The van der Waals surface area contributed by atoms with Gasteiger partial charge in [0.1, 0.15) is 73.2 Å². The van der Waals surface area contributed by atoms with Crippen molar-refractivity contribution in [2.24, 2.45) is 5.73 Å². The topological polar surface area (TPSA) is 319 Å². The third kappa shape index (κ3) is 9.35. The first-order valence-corrected chi connectivity index (χ1v) is 15.0. The van der Waals surface area contributed by atoms with Crippen LogP contribution < -0.4 is 16.4 Å². The van der Waals surface area contributed by atoms with Crippen molar-refractivity contribution in [3.63, 3.8) is 0 Å². The molecule has 20 nitrogen and oxygen atoms in total. The molecule has 1 amide bonds. The number of thiocarbonyl (C=S) groups is 1.